The summed E-state index contributed by atoms with van der Waals surface area (Å²) in [4.78, 5) is 8.87. The van der Waals surface area contributed by atoms with Gasteiger partial charge < -0.3 is 15.0 Å². The van der Waals surface area contributed by atoms with E-state index in [1.165, 1.54) is 34.3 Å². The van der Waals surface area contributed by atoms with Crippen LogP contribution in [0.2, 0.25) is 0 Å². The first-order valence-corrected chi connectivity index (χ1v) is 11.1. The van der Waals surface area contributed by atoms with Gasteiger partial charge in [-0.1, -0.05) is 30.3 Å². The van der Waals surface area contributed by atoms with Crippen molar-refractivity contribution in [2.75, 3.05) is 26.2 Å². The molecule has 2 N–H and O–H groups in total. The van der Waals surface area contributed by atoms with E-state index >= 15 is 0 Å². The van der Waals surface area contributed by atoms with Crippen molar-refractivity contribution in [2.24, 2.45) is 0 Å². The number of nitrogens with zero attached hydrogens (tertiary/aromatic N) is 2. The highest BCUT2D eigenvalue weighted by molar-refractivity contribution is 5.85. The zero-order valence-electron chi connectivity index (χ0n) is 17.5. The number of benzene rings is 2. The van der Waals surface area contributed by atoms with Gasteiger partial charge in [0.25, 0.3) is 0 Å². The minimum Gasteiger partial charge on any atom is -0.388 e. The van der Waals surface area contributed by atoms with Gasteiger partial charge in [-0.05, 0) is 62.1 Å². The van der Waals surface area contributed by atoms with Crippen molar-refractivity contribution < 1.29 is 9.50 Å². The fraction of sp³-hybridized carbons (Fsp3) is 0.440. The van der Waals surface area contributed by atoms with E-state index < -0.39 is 6.10 Å². The van der Waals surface area contributed by atoms with Crippen LogP contribution in [0.25, 0.3) is 10.9 Å². The van der Waals surface area contributed by atoms with Gasteiger partial charge >= 0.3 is 0 Å². The first-order chi connectivity index (χ1) is 14.6. The Bertz CT molecular complexity index is 1010. The summed E-state index contributed by atoms with van der Waals surface area (Å²) >= 11 is 0. The van der Waals surface area contributed by atoms with Gasteiger partial charge in [0, 0.05) is 48.3 Å². The maximum Gasteiger partial charge on any atom is 0.123 e. The van der Waals surface area contributed by atoms with E-state index in [1.807, 2.05) is 0 Å². The van der Waals surface area contributed by atoms with Crippen molar-refractivity contribution in [1.29, 1.82) is 0 Å². The molecular weight excluding hydrogens is 377 g/mol. The lowest BCUT2D eigenvalue weighted by molar-refractivity contribution is 0.0332. The number of nitrogens with one attached hydrogen (secondary N) is 1. The number of aromatic nitrogens is 1. The van der Waals surface area contributed by atoms with E-state index in [0.29, 0.717) is 18.5 Å². The van der Waals surface area contributed by atoms with Crippen molar-refractivity contribution in [3.8, 4) is 0 Å². The topological polar surface area (TPSA) is 42.5 Å². The van der Waals surface area contributed by atoms with Crippen LogP contribution in [-0.4, -0.2) is 52.1 Å². The molecule has 0 aliphatic carbocycles. The molecule has 4 nitrogen and oxygen atoms in total. The van der Waals surface area contributed by atoms with Crippen LogP contribution in [0.3, 0.4) is 0 Å². The Morgan fingerprint density at radius 1 is 1.13 bits per heavy atom. The molecule has 0 spiro atoms. The van der Waals surface area contributed by atoms with Crippen molar-refractivity contribution >= 4 is 10.9 Å². The molecule has 1 aromatic heterocycles. The van der Waals surface area contributed by atoms with Gasteiger partial charge in [-0.2, -0.15) is 0 Å². The highest BCUT2D eigenvalue weighted by Gasteiger charge is 2.37. The molecule has 158 valence electrons. The van der Waals surface area contributed by atoms with Gasteiger partial charge in [0.2, 0.25) is 0 Å². The maximum atomic E-state index is 13.1. The number of aliphatic hydroxyl groups excluding tert-OH is 1. The number of H-pyrrole nitrogens is 1. The Balaban J connectivity index is 1.20. The van der Waals surface area contributed by atoms with Crippen molar-refractivity contribution in [1.82, 2.24) is 14.8 Å². The number of hydrogen-bond acceptors (Lipinski definition) is 3. The summed E-state index contributed by atoms with van der Waals surface area (Å²) in [6.07, 6.45) is 2.23. The number of aliphatic hydroxyl groups is 1. The van der Waals surface area contributed by atoms with Crippen LogP contribution in [0.15, 0.2) is 48.5 Å². The van der Waals surface area contributed by atoms with E-state index in [1.54, 1.807) is 12.1 Å². The molecule has 5 rings (SSSR count). The molecule has 3 atom stereocenters. The smallest absolute Gasteiger partial charge is 0.123 e. The van der Waals surface area contributed by atoms with Gasteiger partial charge in [-0.15, -0.1) is 0 Å². The third-order valence-electron chi connectivity index (χ3n) is 7.02. The molecule has 0 radical (unpaired) electrons. The zero-order valence-corrected chi connectivity index (χ0v) is 17.5. The Morgan fingerprint density at radius 3 is 2.77 bits per heavy atom. The van der Waals surface area contributed by atoms with Crippen LogP contribution in [0.4, 0.5) is 4.39 Å². The van der Waals surface area contributed by atoms with E-state index in [4.69, 9.17) is 0 Å². The molecule has 5 heteroatoms. The first kappa shape index (κ1) is 19.7. The van der Waals surface area contributed by atoms with Crippen molar-refractivity contribution in [3.05, 3.63) is 71.2 Å². The number of fused-ring (bicyclic) bond motifs is 4. The Labute approximate surface area is 177 Å². The second-order valence-corrected chi connectivity index (χ2v) is 8.84. The number of para-hydroxylation sites is 1. The van der Waals surface area contributed by atoms with E-state index in [9.17, 15) is 9.50 Å². The molecule has 2 aromatic carbocycles. The van der Waals surface area contributed by atoms with Gasteiger partial charge in [-0.3, -0.25) is 4.90 Å². The second kappa shape index (κ2) is 8.14. The quantitative estimate of drug-likeness (QED) is 0.658. The largest absolute Gasteiger partial charge is 0.388 e. The molecule has 1 fully saturated rings. The molecule has 0 bridgehead atoms. The molecule has 3 aromatic rings. The standard InChI is InChI=1S/C25H30FN3O/c1-17-25-22(21-5-2-3-6-23(21)27-25)15-20-16-28(13-14-29(17)20)12-4-7-24(30)18-8-10-19(26)11-9-18/h2-3,5-6,8-11,17,20,24,27,30H,4,7,12-16H2,1H3. The Hall–Kier alpha value is -2.21. The molecule has 2 aliphatic heterocycles. The van der Waals surface area contributed by atoms with Crippen LogP contribution in [0.1, 0.15) is 48.7 Å². The van der Waals surface area contributed by atoms with Crippen LogP contribution in [-0.2, 0) is 6.42 Å². The number of halogens is 1. The molecule has 0 amide bonds. The summed E-state index contributed by atoms with van der Waals surface area (Å²) in [7, 11) is 0. The summed E-state index contributed by atoms with van der Waals surface area (Å²) in [6.45, 7) is 6.56. The summed E-state index contributed by atoms with van der Waals surface area (Å²) < 4.78 is 13.1. The number of rotatable bonds is 5. The lowest BCUT2D eigenvalue weighted by Crippen LogP contribution is -2.56. The molecule has 0 saturated carbocycles. The average Bonchev–Trinajstić information content (AvgIpc) is 3.13. The van der Waals surface area contributed by atoms with Gasteiger partial charge in [-0.25, -0.2) is 4.39 Å². The van der Waals surface area contributed by atoms with Crippen molar-refractivity contribution in [2.45, 2.75) is 44.4 Å². The normalized spacial score (nSPS) is 23.3. The Morgan fingerprint density at radius 2 is 1.93 bits per heavy atom. The molecule has 2 aliphatic rings. The lowest BCUT2D eigenvalue weighted by atomic mass is 9.90. The van der Waals surface area contributed by atoms with Crippen LogP contribution in [0, 0.1) is 5.82 Å². The number of piperazine rings is 1. The number of aromatic amines is 1. The third kappa shape index (κ3) is 3.66. The summed E-state index contributed by atoms with van der Waals surface area (Å²) in [6, 6.07) is 15.8. The maximum absolute atomic E-state index is 13.1. The molecule has 30 heavy (non-hydrogen) atoms. The first-order valence-electron chi connectivity index (χ1n) is 11.1. The van der Waals surface area contributed by atoms with Crippen molar-refractivity contribution in [3.63, 3.8) is 0 Å². The monoisotopic (exact) mass is 407 g/mol. The SMILES string of the molecule is CC1c2[nH]c3ccccc3c2CC2CN(CCCC(O)c3ccc(F)cc3)CCN21. The van der Waals surface area contributed by atoms with E-state index in [-0.39, 0.29) is 5.82 Å². The fourth-order valence-corrected chi connectivity index (χ4v) is 5.39. The van der Waals surface area contributed by atoms with E-state index in [0.717, 1.165) is 44.6 Å². The fourth-order valence-electron chi connectivity index (χ4n) is 5.39. The molecular formula is C25H30FN3O. The van der Waals surface area contributed by atoms with E-state index in [2.05, 4.69) is 46.0 Å². The summed E-state index contributed by atoms with van der Waals surface area (Å²) in [5.41, 5.74) is 4.94. The van der Waals surface area contributed by atoms with Gasteiger partial charge in [0.05, 0.1) is 6.10 Å². The van der Waals surface area contributed by atoms with Crippen LogP contribution >= 0.6 is 0 Å². The van der Waals surface area contributed by atoms with Gasteiger partial charge in [0.15, 0.2) is 0 Å². The highest BCUT2D eigenvalue weighted by atomic mass is 19.1. The molecule has 3 heterocycles. The lowest BCUT2D eigenvalue weighted by Gasteiger charge is -2.47. The summed E-state index contributed by atoms with van der Waals surface area (Å²) in [5.74, 6) is -0.260. The highest BCUT2D eigenvalue weighted by Crippen LogP contribution is 2.38. The number of hydrogen-bond donors (Lipinski definition) is 2. The van der Waals surface area contributed by atoms with Crippen LogP contribution in [0.5, 0.6) is 0 Å². The second-order valence-electron chi connectivity index (χ2n) is 8.84. The zero-order chi connectivity index (χ0) is 20.7. The summed E-state index contributed by atoms with van der Waals surface area (Å²) in [5, 5.41) is 11.8. The Kier molecular flexibility index (Phi) is 5.35. The average molecular weight is 408 g/mol. The molecule has 3 unspecified atom stereocenters. The minimum absolute atomic E-state index is 0.260. The predicted octanol–water partition coefficient (Wildman–Crippen LogP) is 4.42. The predicted molar refractivity (Wildman–Crippen MR) is 118 cm³/mol. The van der Waals surface area contributed by atoms with Crippen LogP contribution < -0.4 is 0 Å². The van der Waals surface area contributed by atoms with Gasteiger partial charge in [0.1, 0.15) is 5.82 Å². The molecule has 1 saturated heterocycles. The third-order valence-corrected chi connectivity index (χ3v) is 7.02. The minimum atomic E-state index is -0.518.